The Hall–Kier alpha value is -2.30. The Morgan fingerprint density at radius 3 is 2.79 bits per heavy atom. The summed E-state index contributed by atoms with van der Waals surface area (Å²) in [5.74, 6) is -0.0107. The van der Waals surface area contributed by atoms with Crippen molar-refractivity contribution in [1.29, 1.82) is 0 Å². The smallest absolute Gasteiger partial charge is 0.225 e. The zero-order valence-corrected chi connectivity index (χ0v) is 16.8. The van der Waals surface area contributed by atoms with Crippen LogP contribution in [0.25, 0.3) is 10.9 Å². The van der Waals surface area contributed by atoms with Crippen LogP contribution in [0.2, 0.25) is 0 Å². The summed E-state index contributed by atoms with van der Waals surface area (Å²) in [6, 6.07) is 6.69. The van der Waals surface area contributed by atoms with E-state index in [1.165, 1.54) is 42.2 Å². The Morgan fingerprint density at radius 2 is 2.00 bits per heavy atom. The van der Waals surface area contributed by atoms with Crippen LogP contribution in [0.4, 0.5) is 0 Å². The van der Waals surface area contributed by atoms with E-state index in [4.69, 9.17) is 0 Å². The fraction of sp³-hybridized carbons (Fsp3) is 0.565. The molecule has 2 aromatic rings. The van der Waals surface area contributed by atoms with Gasteiger partial charge in [-0.1, -0.05) is 37.3 Å². The van der Waals surface area contributed by atoms with Crippen molar-refractivity contribution in [2.24, 2.45) is 5.92 Å². The maximum atomic E-state index is 12.7. The quantitative estimate of drug-likeness (QED) is 0.776. The van der Waals surface area contributed by atoms with Crippen LogP contribution in [0.5, 0.6) is 0 Å². The minimum atomic E-state index is -0.194. The van der Waals surface area contributed by atoms with Crippen LogP contribution in [0.1, 0.15) is 56.1 Å². The molecule has 1 aliphatic carbocycles. The van der Waals surface area contributed by atoms with Crippen molar-refractivity contribution in [3.63, 3.8) is 0 Å². The summed E-state index contributed by atoms with van der Waals surface area (Å²) in [6.07, 6.45) is 10.3. The van der Waals surface area contributed by atoms with Crippen LogP contribution in [-0.4, -0.2) is 40.8 Å². The van der Waals surface area contributed by atoms with Crippen LogP contribution in [0, 0.1) is 12.8 Å². The second-order valence-corrected chi connectivity index (χ2v) is 8.55. The molecule has 1 saturated carbocycles. The summed E-state index contributed by atoms with van der Waals surface area (Å²) in [7, 11) is 0. The SMILES string of the molecule is Cc1ccc2[nH]cc(CCN3C[C@@H](C(=O)NC4CCCCCC4)CC3=O)c2c1. The molecule has 5 heteroatoms. The summed E-state index contributed by atoms with van der Waals surface area (Å²) in [5, 5.41) is 4.45. The van der Waals surface area contributed by atoms with Crippen molar-refractivity contribution in [2.45, 2.75) is 64.3 Å². The highest BCUT2D eigenvalue weighted by Crippen LogP contribution is 2.24. The zero-order valence-electron chi connectivity index (χ0n) is 16.8. The molecule has 0 spiro atoms. The third kappa shape index (κ3) is 4.23. The van der Waals surface area contributed by atoms with Crippen molar-refractivity contribution >= 4 is 22.7 Å². The fourth-order valence-corrected chi connectivity index (χ4v) is 4.66. The average Bonchev–Trinajstić information content (AvgIpc) is 3.14. The Labute approximate surface area is 166 Å². The van der Waals surface area contributed by atoms with Crippen LogP contribution in [0.3, 0.4) is 0 Å². The lowest BCUT2D eigenvalue weighted by atomic mass is 10.0. The number of rotatable bonds is 5. The Morgan fingerprint density at radius 1 is 1.21 bits per heavy atom. The van der Waals surface area contributed by atoms with Gasteiger partial charge >= 0.3 is 0 Å². The number of likely N-dealkylation sites (tertiary alicyclic amines) is 1. The summed E-state index contributed by atoms with van der Waals surface area (Å²) < 4.78 is 0. The molecule has 1 aliphatic heterocycles. The number of H-pyrrole nitrogens is 1. The highest BCUT2D eigenvalue weighted by molar-refractivity contribution is 5.89. The summed E-state index contributed by atoms with van der Waals surface area (Å²) in [5.41, 5.74) is 3.60. The first-order chi connectivity index (χ1) is 13.6. The lowest BCUT2D eigenvalue weighted by molar-refractivity contribution is -0.129. The van der Waals surface area contributed by atoms with Gasteiger partial charge in [0, 0.05) is 42.7 Å². The number of carbonyl (C=O) groups excluding carboxylic acids is 2. The molecule has 2 N–H and O–H groups in total. The first kappa shape index (κ1) is 19.0. The largest absolute Gasteiger partial charge is 0.361 e. The van der Waals surface area contributed by atoms with E-state index in [0.717, 1.165) is 24.8 Å². The topological polar surface area (TPSA) is 65.2 Å². The van der Waals surface area contributed by atoms with Gasteiger partial charge in [0.15, 0.2) is 0 Å². The lowest BCUT2D eigenvalue weighted by Gasteiger charge is -2.20. The molecule has 4 rings (SSSR count). The van der Waals surface area contributed by atoms with Gasteiger partial charge in [0.25, 0.3) is 0 Å². The van der Waals surface area contributed by atoms with Crippen molar-refractivity contribution in [3.8, 4) is 0 Å². The lowest BCUT2D eigenvalue weighted by Crippen LogP contribution is -2.39. The van der Waals surface area contributed by atoms with E-state index in [1.54, 1.807) is 0 Å². The number of aryl methyl sites for hydroxylation is 1. The second kappa shape index (κ2) is 8.38. The third-order valence-corrected chi connectivity index (χ3v) is 6.36. The van der Waals surface area contributed by atoms with E-state index in [0.29, 0.717) is 25.6 Å². The van der Waals surface area contributed by atoms with Crippen LogP contribution in [0.15, 0.2) is 24.4 Å². The van der Waals surface area contributed by atoms with Gasteiger partial charge in [0.05, 0.1) is 5.92 Å². The van der Waals surface area contributed by atoms with E-state index in [1.807, 2.05) is 11.1 Å². The molecular weight excluding hydrogens is 350 g/mol. The number of nitrogens with zero attached hydrogens (tertiary/aromatic N) is 1. The van der Waals surface area contributed by atoms with Gasteiger partial charge in [0.1, 0.15) is 0 Å². The van der Waals surface area contributed by atoms with Crippen LogP contribution >= 0.6 is 0 Å². The number of nitrogens with one attached hydrogen (secondary N) is 2. The predicted octanol–water partition coefficient (Wildman–Crippen LogP) is 3.71. The molecule has 28 heavy (non-hydrogen) atoms. The molecule has 0 bridgehead atoms. The van der Waals surface area contributed by atoms with Crippen molar-refractivity contribution in [3.05, 3.63) is 35.5 Å². The van der Waals surface area contributed by atoms with Crippen molar-refractivity contribution in [2.75, 3.05) is 13.1 Å². The first-order valence-electron chi connectivity index (χ1n) is 10.7. The maximum Gasteiger partial charge on any atom is 0.225 e. The normalized spacial score (nSPS) is 21.2. The molecular formula is C23H31N3O2. The van der Waals surface area contributed by atoms with E-state index in [-0.39, 0.29) is 17.7 Å². The highest BCUT2D eigenvalue weighted by Gasteiger charge is 2.34. The second-order valence-electron chi connectivity index (χ2n) is 8.55. The number of hydrogen-bond acceptors (Lipinski definition) is 2. The maximum absolute atomic E-state index is 12.7. The molecule has 0 unspecified atom stereocenters. The van der Waals surface area contributed by atoms with Gasteiger partial charge in [-0.05, 0) is 43.9 Å². The van der Waals surface area contributed by atoms with E-state index in [2.05, 4.69) is 35.4 Å². The summed E-state index contributed by atoms with van der Waals surface area (Å²) in [6.45, 7) is 3.32. The zero-order chi connectivity index (χ0) is 19.5. The number of aromatic nitrogens is 1. The summed E-state index contributed by atoms with van der Waals surface area (Å²) in [4.78, 5) is 30.3. The van der Waals surface area contributed by atoms with Crippen molar-refractivity contribution < 1.29 is 9.59 Å². The number of hydrogen-bond donors (Lipinski definition) is 2. The number of amides is 2. The number of benzene rings is 1. The molecule has 150 valence electrons. The molecule has 1 aromatic heterocycles. The monoisotopic (exact) mass is 381 g/mol. The van der Waals surface area contributed by atoms with Gasteiger partial charge in [0.2, 0.25) is 11.8 Å². The van der Waals surface area contributed by atoms with E-state index >= 15 is 0 Å². The molecule has 1 saturated heterocycles. The van der Waals surface area contributed by atoms with Crippen molar-refractivity contribution in [1.82, 2.24) is 15.2 Å². The molecule has 2 aliphatic rings. The molecule has 2 fully saturated rings. The van der Waals surface area contributed by atoms with Gasteiger partial charge in [-0.25, -0.2) is 0 Å². The summed E-state index contributed by atoms with van der Waals surface area (Å²) >= 11 is 0. The fourth-order valence-electron chi connectivity index (χ4n) is 4.66. The molecule has 1 atom stereocenters. The van der Waals surface area contributed by atoms with Crippen LogP contribution in [-0.2, 0) is 16.0 Å². The van der Waals surface area contributed by atoms with Gasteiger partial charge < -0.3 is 15.2 Å². The molecule has 0 radical (unpaired) electrons. The molecule has 1 aromatic carbocycles. The van der Waals surface area contributed by atoms with Gasteiger partial charge in [-0.2, -0.15) is 0 Å². The minimum absolute atomic E-state index is 0.0745. The first-order valence-corrected chi connectivity index (χ1v) is 10.7. The molecule has 2 heterocycles. The number of aromatic amines is 1. The predicted molar refractivity (Wildman–Crippen MR) is 111 cm³/mol. The van der Waals surface area contributed by atoms with Gasteiger partial charge in [-0.3, -0.25) is 9.59 Å². The van der Waals surface area contributed by atoms with Crippen LogP contribution < -0.4 is 5.32 Å². The Bertz CT molecular complexity index is 849. The number of fused-ring (bicyclic) bond motifs is 1. The Balaban J connectivity index is 1.32. The minimum Gasteiger partial charge on any atom is -0.361 e. The highest BCUT2D eigenvalue weighted by atomic mass is 16.2. The van der Waals surface area contributed by atoms with Gasteiger partial charge in [-0.15, -0.1) is 0 Å². The van der Waals surface area contributed by atoms with E-state index in [9.17, 15) is 9.59 Å². The van der Waals surface area contributed by atoms with E-state index < -0.39 is 0 Å². The Kier molecular flexibility index (Phi) is 5.69. The third-order valence-electron chi connectivity index (χ3n) is 6.36. The standard InChI is InChI=1S/C23H31N3O2/c1-16-8-9-21-20(12-16)17(14-24-21)10-11-26-15-18(13-22(26)27)23(28)25-19-6-4-2-3-5-7-19/h8-9,12,14,18-19,24H,2-7,10-11,13,15H2,1H3,(H,25,28)/t18-/m0/s1. The number of carbonyl (C=O) groups is 2. The molecule has 2 amide bonds. The molecule has 5 nitrogen and oxygen atoms in total. The average molecular weight is 382 g/mol.